The fraction of sp³-hybridized carbons (Fsp3) is 0.286. The highest BCUT2D eigenvalue weighted by Gasteiger charge is 2.19. The summed E-state index contributed by atoms with van der Waals surface area (Å²) in [7, 11) is 0.290. The Hall–Kier alpha value is -3.27. The van der Waals surface area contributed by atoms with Crippen LogP contribution in [0.25, 0.3) is 21.2 Å². The van der Waals surface area contributed by atoms with E-state index in [4.69, 9.17) is 4.74 Å². The second-order valence-corrected chi connectivity index (χ2v) is 11.6. The molecule has 0 aliphatic rings. The normalized spacial score (nSPS) is 12.3. The summed E-state index contributed by atoms with van der Waals surface area (Å²) in [5, 5.41) is 7.20. The van der Waals surface area contributed by atoms with E-state index in [2.05, 4.69) is 19.7 Å². The number of aromatic nitrogens is 1. The number of fused-ring (bicyclic) bond motifs is 1. The summed E-state index contributed by atoms with van der Waals surface area (Å²) in [6.07, 6.45) is 0.722. The number of anilines is 1. The van der Waals surface area contributed by atoms with E-state index in [1.807, 2.05) is 87.5 Å². The number of amides is 1. The van der Waals surface area contributed by atoms with Crippen molar-refractivity contribution in [1.82, 2.24) is 14.4 Å². The first-order valence-corrected chi connectivity index (χ1v) is 14.0. The zero-order valence-electron chi connectivity index (χ0n) is 21.5. The molecular weight excluding hydrogens is 504 g/mol. The number of hydrogen-bond acceptors (Lipinski definition) is 6. The van der Waals surface area contributed by atoms with Crippen molar-refractivity contribution in [2.45, 2.75) is 37.6 Å². The van der Waals surface area contributed by atoms with Gasteiger partial charge in [-0.15, -0.1) is 0 Å². The predicted molar refractivity (Wildman–Crippen MR) is 153 cm³/mol. The minimum Gasteiger partial charge on any atom is -0.497 e. The lowest BCUT2D eigenvalue weighted by atomic mass is 10.0. The van der Waals surface area contributed by atoms with Gasteiger partial charge in [-0.25, -0.2) is 8.93 Å². The van der Waals surface area contributed by atoms with E-state index in [9.17, 15) is 9.00 Å². The van der Waals surface area contributed by atoms with Crippen LogP contribution in [0.5, 0.6) is 5.75 Å². The van der Waals surface area contributed by atoms with Crippen LogP contribution in [0, 0.1) is 0 Å². The van der Waals surface area contributed by atoms with Crippen molar-refractivity contribution < 1.29 is 13.7 Å². The first-order chi connectivity index (χ1) is 17.7. The Bertz CT molecular complexity index is 1380. The summed E-state index contributed by atoms with van der Waals surface area (Å²) >= 11 is 1.38. The molecule has 1 aromatic heterocycles. The molecule has 1 unspecified atom stereocenters. The van der Waals surface area contributed by atoms with E-state index in [0.717, 1.165) is 44.1 Å². The van der Waals surface area contributed by atoms with E-state index in [1.54, 1.807) is 7.11 Å². The van der Waals surface area contributed by atoms with Gasteiger partial charge in [0.15, 0.2) is 0 Å². The molecule has 0 aliphatic carbocycles. The van der Waals surface area contributed by atoms with Gasteiger partial charge in [-0.05, 0) is 86.2 Å². The van der Waals surface area contributed by atoms with E-state index in [-0.39, 0.29) is 11.4 Å². The lowest BCUT2D eigenvalue weighted by Crippen LogP contribution is -2.37. The van der Waals surface area contributed by atoms with Crippen LogP contribution in [0.2, 0.25) is 0 Å². The van der Waals surface area contributed by atoms with Crippen molar-refractivity contribution in [3.05, 3.63) is 72.3 Å². The molecule has 9 heteroatoms. The van der Waals surface area contributed by atoms with Crippen LogP contribution in [0.15, 0.2) is 71.6 Å². The van der Waals surface area contributed by atoms with Gasteiger partial charge in [-0.3, -0.25) is 4.79 Å². The SMILES string of the molecule is COc1ccc(-c2ccc(C(=O)NCCCNc3nsc4cccc(S(=O)NC(C)(C)C)c34)cc2)cc1. The van der Waals surface area contributed by atoms with Crippen LogP contribution in [-0.2, 0) is 11.0 Å². The molecule has 0 radical (unpaired) electrons. The molecule has 0 spiro atoms. The topological polar surface area (TPSA) is 92.3 Å². The summed E-state index contributed by atoms with van der Waals surface area (Å²) < 4.78 is 26.8. The van der Waals surface area contributed by atoms with Crippen molar-refractivity contribution in [2.24, 2.45) is 0 Å². The molecule has 0 saturated carbocycles. The van der Waals surface area contributed by atoms with Gasteiger partial charge < -0.3 is 15.4 Å². The summed E-state index contributed by atoms with van der Waals surface area (Å²) in [5.41, 5.74) is 2.44. The van der Waals surface area contributed by atoms with Crippen LogP contribution < -0.4 is 20.1 Å². The van der Waals surface area contributed by atoms with Gasteiger partial charge in [0.25, 0.3) is 5.91 Å². The highest BCUT2D eigenvalue weighted by atomic mass is 32.2. The van der Waals surface area contributed by atoms with E-state index < -0.39 is 11.0 Å². The molecule has 4 rings (SSSR count). The monoisotopic (exact) mass is 536 g/mol. The Morgan fingerprint density at radius 3 is 2.30 bits per heavy atom. The predicted octanol–water partition coefficient (Wildman–Crippen LogP) is 5.61. The molecule has 1 amide bonds. The molecule has 194 valence electrons. The van der Waals surface area contributed by atoms with Gasteiger partial charge in [0.1, 0.15) is 22.6 Å². The Morgan fingerprint density at radius 1 is 0.973 bits per heavy atom. The Balaban J connectivity index is 1.29. The zero-order chi connectivity index (χ0) is 26.4. The number of ether oxygens (including phenoxy) is 1. The van der Waals surface area contributed by atoms with Crippen LogP contribution in [0.3, 0.4) is 0 Å². The Morgan fingerprint density at radius 2 is 1.65 bits per heavy atom. The summed E-state index contributed by atoms with van der Waals surface area (Å²) in [6.45, 7) is 7.11. The molecule has 0 saturated heterocycles. The largest absolute Gasteiger partial charge is 0.497 e. The molecule has 1 atom stereocenters. The van der Waals surface area contributed by atoms with Gasteiger partial charge in [-0.1, -0.05) is 30.3 Å². The molecular formula is C28H32N4O3S2. The molecule has 7 nitrogen and oxygen atoms in total. The molecule has 1 heterocycles. The lowest BCUT2D eigenvalue weighted by Gasteiger charge is -2.20. The third kappa shape index (κ3) is 6.94. The van der Waals surface area contributed by atoms with Gasteiger partial charge in [0.05, 0.1) is 22.1 Å². The number of nitrogens with one attached hydrogen (secondary N) is 3. The number of rotatable bonds is 10. The van der Waals surface area contributed by atoms with Crippen LogP contribution in [-0.4, -0.2) is 40.2 Å². The van der Waals surface area contributed by atoms with Crippen LogP contribution in [0.1, 0.15) is 37.6 Å². The first-order valence-electron chi connectivity index (χ1n) is 12.1. The Labute approximate surface area is 224 Å². The van der Waals surface area contributed by atoms with E-state index in [1.165, 1.54) is 11.5 Å². The smallest absolute Gasteiger partial charge is 0.251 e. The van der Waals surface area contributed by atoms with Crippen molar-refractivity contribution in [2.75, 3.05) is 25.5 Å². The third-order valence-corrected chi connectivity index (χ3v) is 7.91. The molecule has 4 aromatic rings. The number of hydrogen-bond donors (Lipinski definition) is 3. The van der Waals surface area contributed by atoms with E-state index >= 15 is 0 Å². The summed E-state index contributed by atoms with van der Waals surface area (Å²) in [5.74, 6) is 1.43. The maximum atomic E-state index is 12.9. The molecule has 0 bridgehead atoms. The average molecular weight is 537 g/mol. The maximum Gasteiger partial charge on any atom is 0.251 e. The number of carbonyl (C=O) groups is 1. The minimum atomic E-state index is -1.35. The standard InChI is InChI=1S/C28H32N4O3S2/c1-28(2,3)32-37(34)24-8-5-7-23-25(24)26(31-36-23)29-17-6-18-30-27(33)21-11-9-19(10-12-21)20-13-15-22(35-4)16-14-20/h5,7-16,32H,6,17-18H2,1-4H3,(H,29,31)(H,30,33). The molecule has 0 aliphatic heterocycles. The van der Waals surface area contributed by atoms with Crippen LogP contribution >= 0.6 is 11.5 Å². The highest BCUT2D eigenvalue weighted by molar-refractivity contribution is 7.83. The molecule has 37 heavy (non-hydrogen) atoms. The second kappa shape index (κ2) is 11.9. The number of benzene rings is 3. The fourth-order valence-corrected chi connectivity index (χ4v) is 5.87. The molecule has 0 fully saturated rings. The van der Waals surface area contributed by atoms with Gasteiger partial charge in [0, 0.05) is 24.2 Å². The maximum absolute atomic E-state index is 12.9. The van der Waals surface area contributed by atoms with Crippen LogP contribution in [0.4, 0.5) is 5.82 Å². The summed E-state index contributed by atoms with van der Waals surface area (Å²) in [6, 6.07) is 21.1. The van der Waals surface area contributed by atoms with Crippen molar-refractivity contribution in [3.8, 4) is 16.9 Å². The van der Waals surface area contributed by atoms with Crippen molar-refractivity contribution in [3.63, 3.8) is 0 Å². The number of nitrogens with zero attached hydrogens (tertiary/aromatic N) is 1. The van der Waals surface area contributed by atoms with Gasteiger partial charge >= 0.3 is 0 Å². The highest BCUT2D eigenvalue weighted by Crippen LogP contribution is 2.32. The zero-order valence-corrected chi connectivity index (χ0v) is 23.1. The quantitative estimate of drug-likeness (QED) is 0.229. The van der Waals surface area contributed by atoms with E-state index in [0.29, 0.717) is 18.7 Å². The third-order valence-electron chi connectivity index (χ3n) is 5.56. The fourth-order valence-electron chi connectivity index (χ4n) is 3.77. The molecule has 3 aromatic carbocycles. The van der Waals surface area contributed by atoms with Crippen molar-refractivity contribution in [1.29, 1.82) is 0 Å². The first kappa shape index (κ1) is 26.8. The number of methoxy groups -OCH3 is 1. The Kier molecular flexibility index (Phi) is 8.58. The summed E-state index contributed by atoms with van der Waals surface area (Å²) in [4.78, 5) is 13.3. The second-order valence-electron chi connectivity index (χ2n) is 9.62. The minimum absolute atomic E-state index is 0.105. The molecule has 3 N–H and O–H groups in total. The van der Waals surface area contributed by atoms with Gasteiger partial charge in [0.2, 0.25) is 0 Å². The average Bonchev–Trinajstić information content (AvgIpc) is 3.30. The van der Waals surface area contributed by atoms with Crippen molar-refractivity contribution >= 4 is 44.3 Å². The number of carbonyl (C=O) groups excluding carboxylic acids is 1. The lowest BCUT2D eigenvalue weighted by molar-refractivity contribution is 0.0953. The van der Waals surface area contributed by atoms with Gasteiger partial charge in [-0.2, -0.15) is 4.37 Å².